The maximum atomic E-state index is 9.72. The average molecular weight is 268 g/mol. The molecule has 0 amide bonds. The molecule has 18 heavy (non-hydrogen) atoms. The van der Waals surface area contributed by atoms with E-state index in [1.807, 2.05) is 19.1 Å². The lowest BCUT2D eigenvalue weighted by Crippen LogP contribution is -2.41. The third kappa shape index (κ3) is 2.60. The van der Waals surface area contributed by atoms with E-state index in [-0.39, 0.29) is 17.9 Å². The van der Waals surface area contributed by atoms with Crippen LogP contribution in [0.3, 0.4) is 0 Å². The Hall–Kier alpha value is -1.26. The fourth-order valence-electron chi connectivity index (χ4n) is 2.29. The Morgan fingerprint density at radius 1 is 1.56 bits per heavy atom. The highest BCUT2D eigenvalue weighted by molar-refractivity contribution is 6.34. The molecule has 1 saturated heterocycles. The van der Waals surface area contributed by atoms with Crippen LogP contribution in [-0.4, -0.2) is 30.1 Å². The highest BCUT2D eigenvalue weighted by Gasteiger charge is 2.24. The van der Waals surface area contributed by atoms with Crippen molar-refractivity contribution >= 4 is 23.1 Å². The zero-order valence-electron chi connectivity index (χ0n) is 10.4. The Balaban J connectivity index is 2.19. The molecule has 98 valence electrons. The van der Waals surface area contributed by atoms with Crippen LogP contribution >= 0.6 is 11.6 Å². The summed E-state index contributed by atoms with van der Waals surface area (Å²) in [7, 11) is 0. The number of rotatable bonds is 2. The summed E-state index contributed by atoms with van der Waals surface area (Å²) >= 11 is 6.11. The van der Waals surface area contributed by atoms with Gasteiger partial charge in [-0.3, -0.25) is 5.41 Å². The van der Waals surface area contributed by atoms with E-state index < -0.39 is 0 Å². The van der Waals surface area contributed by atoms with Gasteiger partial charge in [0.15, 0.2) is 0 Å². The molecule has 0 spiro atoms. The van der Waals surface area contributed by atoms with Crippen molar-refractivity contribution in [1.82, 2.24) is 0 Å². The number of anilines is 1. The van der Waals surface area contributed by atoms with E-state index >= 15 is 0 Å². The van der Waals surface area contributed by atoms with Crippen molar-refractivity contribution in [3.63, 3.8) is 0 Å². The Morgan fingerprint density at radius 2 is 2.28 bits per heavy atom. The van der Waals surface area contributed by atoms with E-state index in [4.69, 9.17) is 22.7 Å². The van der Waals surface area contributed by atoms with Gasteiger partial charge in [0, 0.05) is 24.3 Å². The number of hydrogen-bond donors (Lipinski definition) is 3. The third-order valence-corrected chi connectivity index (χ3v) is 3.78. The van der Waals surface area contributed by atoms with Crippen molar-refractivity contribution in [3.8, 4) is 0 Å². The standard InChI is InChI=1S/C13H18ClN3O/c1-8-7-17(5-4-12(8)18)9-2-3-10(13(15)16)11(14)6-9/h2-3,6,8,12,18H,4-5,7H2,1H3,(H3,15,16). The number of hydrogen-bond acceptors (Lipinski definition) is 3. The molecule has 1 aromatic carbocycles. The molecule has 1 fully saturated rings. The van der Waals surface area contributed by atoms with Crippen LogP contribution in [0.1, 0.15) is 18.9 Å². The molecule has 0 radical (unpaired) electrons. The van der Waals surface area contributed by atoms with E-state index in [0.29, 0.717) is 10.6 Å². The van der Waals surface area contributed by atoms with E-state index in [1.165, 1.54) is 0 Å². The second kappa shape index (κ2) is 5.16. The van der Waals surface area contributed by atoms with Crippen molar-refractivity contribution in [2.45, 2.75) is 19.4 Å². The van der Waals surface area contributed by atoms with Crippen molar-refractivity contribution in [2.24, 2.45) is 11.7 Å². The average Bonchev–Trinajstić information content (AvgIpc) is 2.32. The Labute approximate surface area is 112 Å². The lowest BCUT2D eigenvalue weighted by Gasteiger charge is -2.36. The first-order valence-corrected chi connectivity index (χ1v) is 6.44. The number of amidine groups is 1. The lowest BCUT2D eigenvalue weighted by molar-refractivity contribution is 0.0971. The topological polar surface area (TPSA) is 73.3 Å². The number of benzene rings is 1. The molecule has 5 heteroatoms. The zero-order valence-corrected chi connectivity index (χ0v) is 11.1. The number of aliphatic hydroxyl groups excluding tert-OH is 1. The molecule has 4 N–H and O–H groups in total. The van der Waals surface area contributed by atoms with Crippen LogP contribution in [0.15, 0.2) is 18.2 Å². The van der Waals surface area contributed by atoms with Crippen molar-refractivity contribution in [3.05, 3.63) is 28.8 Å². The summed E-state index contributed by atoms with van der Waals surface area (Å²) in [4.78, 5) is 2.20. The minimum Gasteiger partial charge on any atom is -0.393 e. The van der Waals surface area contributed by atoms with Gasteiger partial charge in [-0.15, -0.1) is 0 Å². The number of aliphatic hydroxyl groups is 1. The van der Waals surface area contributed by atoms with Gasteiger partial charge < -0.3 is 15.7 Å². The molecule has 1 heterocycles. The number of nitrogens with one attached hydrogen (secondary N) is 1. The van der Waals surface area contributed by atoms with Crippen LogP contribution in [0.2, 0.25) is 5.02 Å². The SMILES string of the molecule is CC1CN(c2ccc(C(=N)N)c(Cl)c2)CCC1O. The summed E-state index contributed by atoms with van der Waals surface area (Å²) in [6, 6.07) is 5.53. The fraction of sp³-hybridized carbons (Fsp3) is 0.462. The second-order valence-electron chi connectivity index (χ2n) is 4.86. The Bertz CT molecular complexity index is 464. The first-order chi connectivity index (χ1) is 8.49. The van der Waals surface area contributed by atoms with Gasteiger partial charge in [-0.1, -0.05) is 18.5 Å². The van der Waals surface area contributed by atoms with Gasteiger partial charge in [0.25, 0.3) is 0 Å². The molecule has 0 aliphatic carbocycles. The molecule has 2 rings (SSSR count). The maximum absolute atomic E-state index is 9.72. The number of halogens is 1. The third-order valence-electron chi connectivity index (χ3n) is 3.47. The van der Waals surface area contributed by atoms with Gasteiger partial charge >= 0.3 is 0 Å². The second-order valence-corrected chi connectivity index (χ2v) is 5.26. The lowest BCUT2D eigenvalue weighted by atomic mass is 9.96. The van der Waals surface area contributed by atoms with Gasteiger partial charge in [-0.05, 0) is 30.5 Å². The minimum atomic E-state index is -0.215. The predicted octanol–water partition coefficient (Wildman–Crippen LogP) is 1.83. The summed E-state index contributed by atoms with van der Waals surface area (Å²) in [5, 5.41) is 17.6. The molecule has 1 aliphatic heterocycles. The first kappa shape index (κ1) is 13.2. The largest absolute Gasteiger partial charge is 0.393 e. The normalized spacial score (nSPS) is 24.1. The molecule has 2 atom stereocenters. The summed E-state index contributed by atoms with van der Waals surface area (Å²) in [6.45, 7) is 3.68. The number of nitrogens with zero attached hydrogens (tertiary/aromatic N) is 1. The van der Waals surface area contributed by atoms with Crippen molar-refractivity contribution < 1.29 is 5.11 Å². The first-order valence-electron chi connectivity index (χ1n) is 6.06. The van der Waals surface area contributed by atoms with Crippen LogP contribution in [-0.2, 0) is 0 Å². The van der Waals surface area contributed by atoms with E-state index in [9.17, 15) is 5.11 Å². The maximum Gasteiger partial charge on any atom is 0.124 e. The molecule has 0 bridgehead atoms. The summed E-state index contributed by atoms with van der Waals surface area (Å²) in [5.74, 6) is 0.235. The van der Waals surface area contributed by atoms with Crippen molar-refractivity contribution in [2.75, 3.05) is 18.0 Å². The summed E-state index contributed by atoms with van der Waals surface area (Å²) in [5.41, 5.74) is 7.01. The Kier molecular flexibility index (Phi) is 3.78. The van der Waals surface area contributed by atoms with E-state index in [2.05, 4.69) is 4.90 Å². The van der Waals surface area contributed by atoms with Gasteiger partial charge in [-0.2, -0.15) is 0 Å². The van der Waals surface area contributed by atoms with Gasteiger partial charge in [0.05, 0.1) is 11.1 Å². The fourth-order valence-corrected chi connectivity index (χ4v) is 2.56. The molecule has 1 aliphatic rings. The zero-order chi connectivity index (χ0) is 13.3. The quantitative estimate of drug-likeness (QED) is 0.565. The minimum absolute atomic E-state index is 0.0195. The molecule has 0 saturated carbocycles. The van der Waals surface area contributed by atoms with Crippen LogP contribution in [0.25, 0.3) is 0 Å². The highest BCUT2D eigenvalue weighted by Crippen LogP contribution is 2.27. The molecule has 0 aromatic heterocycles. The number of nitrogen functional groups attached to an aromatic ring is 1. The molecular formula is C13H18ClN3O. The van der Waals surface area contributed by atoms with Gasteiger partial charge in [0.1, 0.15) is 5.84 Å². The molecular weight excluding hydrogens is 250 g/mol. The monoisotopic (exact) mass is 267 g/mol. The van der Waals surface area contributed by atoms with E-state index in [1.54, 1.807) is 6.07 Å². The number of piperidine rings is 1. The molecule has 1 aromatic rings. The van der Waals surface area contributed by atoms with Crippen LogP contribution in [0.4, 0.5) is 5.69 Å². The van der Waals surface area contributed by atoms with Crippen LogP contribution in [0.5, 0.6) is 0 Å². The van der Waals surface area contributed by atoms with Crippen LogP contribution in [0, 0.1) is 11.3 Å². The smallest absolute Gasteiger partial charge is 0.124 e. The molecule has 2 unspecified atom stereocenters. The summed E-state index contributed by atoms with van der Waals surface area (Å²) < 4.78 is 0. The van der Waals surface area contributed by atoms with E-state index in [0.717, 1.165) is 25.2 Å². The van der Waals surface area contributed by atoms with Gasteiger partial charge in [-0.25, -0.2) is 0 Å². The van der Waals surface area contributed by atoms with Gasteiger partial charge in [0.2, 0.25) is 0 Å². The summed E-state index contributed by atoms with van der Waals surface area (Å²) in [6.07, 6.45) is 0.556. The Morgan fingerprint density at radius 3 is 2.83 bits per heavy atom. The predicted molar refractivity (Wildman–Crippen MR) is 74.5 cm³/mol. The highest BCUT2D eigenvalue weighted by atomic mass is 35.5. The van der Waals surface area contributed by atoms with Crippen LogP contribution < -0.4 is 10.6 Å². The number of nitrogens with two attached hydrogens (primary N) is 1. The molecule has 4 nitrogen and oxygen atoms in total. The van der Waals surface area contributed by atoms with Crippen molar-refractivity contribution in [1.29, 1.82) is 5.41 Å².